The monoisotopic (exact) mass is 429 g/mol. The summed E-state index contributed by atoms with van der Waals surface area (Å²) in [5.74, 6) is -0.110. The van der Waals surface area contributed by atoms with Crippen molar-refractivity contribution in [3.63, 3.8) is 0 Å². The summed E-state index contributed by atoms with van der Waals surface area (Å²) in [5, 5.41) is 2.98. The molecule has 1 aromatic rings. The van der Waals surface area contributed by atoms with E-state index >= 15 is 0 Å². The summed E-state index contributed by atoms with van der Waals surface area (Å²) < 4.78 is 5.34. The van der Waals surface area contributed by atoms with Gasteiger partial charge in [0, 0.05) is 18.3 Å². The first-order valence-corrected chi connectivity index (χ1v) is 11.6. The van der Waals surface area contributed by atoms with Crippen LogP contribution in [0.5, 0.6) is 0 Å². The Labute approximate surface area is 187 Å². The zero-order valence-electron chi connectivity index (χ0n) is 19.9. The molecule has 31 heavy (non-hydrogen) atoms. The number of ether oxygens (including phenoxy) is 1. The molecule has 0 radical (unpaired) electrons. The maximum Gasteiger partial charge on any atom is 0.224 e. The summed E-state index contributed by atoms with van der Waals surface area (Å²) in [6.07, 6.45) is 2.02. The molecule has 1 N–H and O–H groups in total. The zero-order valence-corrected chi connectivity index (χ0v) is 19.9. The van der Waals surface area contributed by atoms with Gasteiger partial charge in [-0.25, -0.2) is 0 Å². The molecule has 5 heteroatoms. The zero-order chi connectivity index (χ0) is 23.2. The largest absolute Gasteiger partial charge is 0.361 e. The van der Waals surface area contributed by atoms with Crippen LogP contribution in [0.25, 0.3) is 0 Å². The Kier molecular flexibility index (Phi) is 8.99. The van der Waals surface area contributed by atoms with Gasteiger partial charge >= 0.3 is 0 Å². The van der Waals surface area contributed by atoms with Crippen LogP contribution in [0, 0.1) is 23.7 Å². The Morgan fingerprint density at radius 3 is 2.10 bits per heavy atom. The van der Waals surface area contributed by atoms with Crippen molar-refractivity contribution in [1.29, 1.82) is 0 Å². The van der Waals surface area contributed by atoms with E-state index in [-0.39, 0.29) is 35.7 Å². The molecule has 1 fully saturated rings. The number of epoxide rings is 1. The summed E-state index contributed by atoms with van der Waals surface area (Å²) in [5.41, 5.74) is 0.222. The third-order valence-corrected chi connectivity index (χ3v) is 5.96. The molecule has 2 rings (SSSR count). The van der Waals surface area contributed by atoms with Crippen molar-refractivity contribution in [2.75, 3.05) is 6.61 Å². The van der Waals surface area contributed by atoms with E-state index in [0.29, 0.717) is 25.4 Å². The molecular formula is C26H39NO4. The second-order valence-corrected chi connectivity index (χ2v) is 10.2. The standard InChI is InChI=1S/C26H39NO4/c1-17(2)12-19(5)23(28)15-21(14-20-10-8-7-9-11-20)25(30)27-22(13-18(3)4)24(29)26(6)16-31-26/h7-11,17-19,21-22H,12-16H2,1-6H3,(H,27,30)/t19-,21+,22-,26+/m0/s1. The number of amides is 1. The van der Waals surface area contributed by atoms with Crippen LogP contribution in [0.1, 0.15) is 66.4 Å². The first-order valence-electron chi connectivity index (χ1n) is 11.6. The molecule has 0 unspecified atom stereocenters. The second-order valence-electron chi connectivity index (χ2n) is 10.2. The minimum atomic E-state index is -0.788. The number of rotatable bonds is 13. The first-order chi connectivity index (χ1) is 14.5. The number of Topliss-reactive ketones (excluding diaryl/α,β-unsaturated/α-hetero) is 2. The van der Waals surface area contributed by atoms with Gasteiger partial charge in [-0.1, -0.05) is 65.0 Å². The lowest BCUT2D eigenvalue weighted by Crippen LogP contribution is -2.49. The van der Waals surface area contributed by atoms with Crippen LogP contribution in [0.3, 0.4) is 0 Å². The van der Waals surface area contributed by atoms with Crippen LogP contribution in [0.15, 0.2) is 30.3 Å². The van der Waals surface area contributed by atoms with Crippen molar-refractivity contribution in [3.8, 4) is 0 Å². The van der Waals surface area contributed by atoms with E-state index in [2.05, 4.69) is 19.2 Å². The predicted molar refractivity (Wildman–Crippen MR) is 123 cm³/mol. The fourth-order valence-electron chi connectivity index (χ4n) is 4.05. The van der Waals surface area contributed by atoms with Crippen molar-refractivity contribution in [2.24, 2.45) is 23.7 Å². The van der Waals surface area contributed by atoms with Crippen LogP contribution < -0.4 is 5.32 Å². The highest BCUT2D eigenvalue weighted by atomic mass is 16.6. The highest BCUT2D eigenvalue weighted by Crippen LogP contribution is 2.30. The third kappa shape index (κ3) is 7.88. The number of carbonyl (C=O) groups is 3. The Bertz CT molecular complexity index is 752. The van der Waals surface area contributed by atoms with Gasteiger partial charge in [-0.2, -0.15) is 0 Å². The van der Waals surface area contributed by atoms with Crippen molar-refractivity contribution >= 4 is 17.5 Å². The summed E-state index contributed by atoms with van der Waals surface area (Å²) in [6, 6.07) is 9.15. The summed E-state index contributed by atoms with van der Waals surface area (Å²) in [6.45, 7) is 12.4. The smallest absolute Gasteiger partial charge is 0.224 e. The van der Waals surface area contributed by atoms with Gasteiger partial charge in [-0.15, -0.1) is 0 Å². The molecule has 5 nitrogen and oxygen atoms in total. The van der Waals surface area contributed by atoms with Gasteiger partial charge in [-0.3, -0.25) is 14.4 Å². The van der Waals surface area contributed by atoms with Crippen molar-refractivity contribution in [2.45, 2.75) is 78.9 Å². The lowest BCUT2D eigenvalue weighted by Gasteiger charge is -2.25. The van der Waals surface area contributed by atoms with Crippen molar-refractivity contribution in [1.82, 2.24) is 5.32 Å². The molecule has 1 saturated heterocycles. The molecule has 4 atom stereocenters. The minimum Gasteiger partial charge on any atom is -0.361 e. The van der Waals surface area contributed by atoms with Crippen molar-refractivity contribution in [3.05, 3.63) is 35.9 Å². The quantitative estimate of drug-likeness (QED) is 0.472. The van der Waals surface area contributed by atoms with Gasteiger partial charge in [0.25, 0.3) is 0 Å². The molecule has 0 saturated carbocycles. The van der Waals surface area contributed by atoms with Crippen LogP contribution in [0.2, 0.25) is 0 Å². The highest BCUT2D eigenvalue weighted by molar-refractivity contribution is 5.97. The lowest BCUT2D eigenvalue weighted by molar-refractivity contribution is -0.134. The van der Waals surface area contributed by atoms with Gasteiger partial charge in [0.2, 0.25) is 5.91 Å². The molecule has 1 amide bonds. The molecular weight excluding hydrogens is 390 g/mol. The second kappa shape index (κ2) is 11.0. The number of carbonyl (C=O) groups excluding carboxylic acids is 3. The molecule has 1 heterocycles. The maximum atomic E-state index is 13.3. The van der Waals surface area contributed by atoms with Gasteiger partial charge < -0.3 is 10.1 Å². The summed E-state index contributed by atoms with van der Waals surface area (Å²) in [7, 11) is 0. The molecule has 172 valence electrons. The van der Waals surface area contributed by atoms with E-state index in [1.165, 1.54) is 0 Å². The lowest BCUT2D eigenvalue weighted by atomic mass is 9.86. The number of benzene rings is 1. The van der Waals surface area contributed by atoms with E-state index in [9.17, 15) is 14.4 Å². The van der Waals surface area contributed by atoms with Gasteiger partial charge in [0.05, 0.1) is 12.6 Å². The Morgan fingerprint density at radius 2 is 1.58 bits per heavy atom. The van der Waals surface area contributed by atoms with Gasteiger partial charge in [0.1, 0.15) is 11.4 Å². The van der Waals surface area contributed by atoms with E-state index in [1.54, 1.807) is 6.92 Å². The van der Waals surface area contributed by atoms with E-state index in [1.807, 2.05) is 51.1 Å². The third-order valence-electron chi connectivity index (χ3n) is 5.96. The normalized spacial score (nSPS) is 20.9. The van der Waals surface area contributed by atoms with E-state index < -0.39 is 17.6 Å². The molecule has 1 aromatic carbocycles. The van der Waals surface area contributed by atoms with Gasteiger partial charge in [-0.05, 0) is 43.6 Å². The number of ketones is 2. The molecule has 0 spiro atoms. The molecule has 0 aromatic heterocycles. The molecule has 0 aliphatic carbocycles. The average molecular weight is 430 g/mol. The Balaban J connectivity index is 2.16. The summed E-state index contributed by atoms with van der Waals surface area (Å²) in [4.78, 5) is 39.1. The fraction of sp³-hybridized carbons (Fsp3) is 0.654. The van der Waals surface area contributed by atoms with E-state index in [0.717, 1.165) is 12.0 Å². The molecule has 1 aliphatic rings. The maximum absolute atomic E-state index is 13.3. The van der Waals surface area contributed by atoms with Crippen LogP contribution in [0.4, 0.5) is 0 Å². The first kappa shape index (κ1) is 25.3. The Morgan fingerprint density at radius 1 is 1.00 bits per heavy atom. The highest BCUT2D eigenvalue weighted by Gasteiger charge is 2.50. The van der Waals surface area contributed by atoms with Crippen LogP contribution >= 0.6 is 0 Å². The number of hydrogen-bond acceptors (Lipinski definition) is 4. The minimum absolute atomic E-state index is 0.0764. The average Bonchev–Trinajstić information content (AvgIpc) is 3.44. The number of nitrogens with one attached hydrogen (secondary N) is 1. The topological polar surface area (TPSA) is 75.8 Å². The Hall–Kier alpha value is -2.01. The SMILES string of the molecule is CC(C)C[C@H](NC(=O)[C@@H](CC(=O)[C@@H](C)CC(C)C)Cc1ccccc1)C(=O)[C@@]1(C)CO1. The van der Waals surface area contributed by atoms with Crippen LogP contribution in [-0.4, -0.2) is 35.7 Å². The number of hydrogen-bond donors (Lipinski definition) is 1. The molecule has 0 bridgehead atoms. The van der Waals surface area contributed by atoms with Gasteiger partial charge in [0.15, 0.2) is 5.78 Å². The fourth-order valence-corrected chi connectivity index (χ4v) is 4.05. The predicted octanol–water partition coefficient (Wildman–Crippen LogP) is 4.38. The molecule has 1 aliphatic heterocycles. The van der Waals surface area contributed by atoms with Crippen LogP contribution in [-0.2, 0) is 25.5 Å². The summed E-state index contributed by atoms with van der Waals surface area (Å²) >= 11 is 0. The van der Waals surface area contributed by atoms with Crippen molar-refractivity contribution < 1.29 is 19.1 Å². The van der Waals surface area contributed by atoms with E-state index in [4.69, 9.17) is 4.74 Å².